The van der Waals surface area contributed by atoms with E-state index in [0.29, 0.717) is 0 Å². The molecule has 0 spiro atoms. The zero-order valence-corrected chi connectivity index (χ0v) is 9.10. The minimum absolute atomic E-state index is 0.0274. The van der Waals surface area contributed by atoms with Gasteiger partial charge in [-0.25, -0.2) is 0 Å². The molecule has 16 heavy (non-hydrogen) atoms. The van der Waals surface area contributed by atoms with Crippen LogP contribution in [0.5, 0.6) is 0 Å². The van der Waals surface area contributed by atoms with Crippen molar-refractivity contribution in [3.8, 4) is 0 Å². The van der Waals surface area contributed by atoms with Gasteiger partial charge in [-0.15, -0.1) is 0 Å². The fourth-order valence-corrected chi connectivity index (χ4v) is 1.72. The van der Waals surface area contributed by atoms with Gasteiger partial charge in [0.25, 0.3) is 0 Å². The number of hydrogen-bond acceptors (Lipinski definition) is 1. The van der Waals surface area contributed by atoms with Crippen LogP contribution in [0.1, 0.15) is 18.4 Å². The van der Waals surface area contributed by atoms with Crippen molar-refractivity contribution in [2.24, 2.45) is 0 Å². The van der Waals surface area contributed by atoms with E-state index in [1.807, 2.05) is 42.5 Å². The highest BCUT2D eigenvalue weighted by Crippen LogP contribution is 2.08. The summed E-state index contributed by atoms with van der Waals surface area (Å²) < 4.78 is 0. The van der Waals surface area contributed by atoms with Gasteiger partial charge in [0, 0.05) is 12.1 Å². The Bertz CT molecular complexity index is 406. The van der Waals surface area contributed by atoms with Crippen molar-refractivity contribution in [1.82, 2.24) is 5.32 Å². The number of nitrogens with one attached hydrogen (secondary N) is 1. The summed E-state index contributed by atoms with van der Waals surface area (Å²) in [5, 5.41) is 2.94. The van der Waals surface area contributed by atoms with E-state index in [1.165, 1.54) is 0 Å². The highest BCUT2D eigenvalue weighted by atomic mass is 16.1. The van der Waals surface area contributed by atoms with Crippen LogP contribution in [0.4, 0.5) is 0 Å². The van der Waals surface area contributed by atoms with Crippen LogP contribution < -0.4 is 5.32 Å². The summed E-state index contributed by atoms with van der Waals surface area (Å²) in [4.78, 5) is 11.5. The fourth-order valence-electron chi connectivity index (χ4n) is 1.72. The van der Waals surface area contributed by atoms with E-state index in [2.05, 4.69) is 11.4 Å². The SMILES string of the molecule is O=C(/C=C/c1ccccc1)NC1C=CCC1. The Morgan fingerprint density at radius 2 is 2.12 bits per heavy atom. The minimum atomic E-state index is -0.0274. The van der Waals surface area contributed by atoms with Crippen molar-refractivity contribution in [1.29, 1.82) is 0 Å². The van der Waals surface area contributed by atoms with Gasteiger partial charge in [0.05, 0.1) is 0 Å². The monoisotopic (exact) mass is 213 g/mol. The molecule has 82 valence electrons. The van der Waals surface area contributed by atoms with E-state index >= 15 is 0 Å². The van der Waals surface area contributed by atoms with E-state index in [9.17, 15) is 4.79 Å². The van der Waals surface area contributed by atoms with Gasteiger partial charge in [-0.3, -0.25) is 4.79 Å². The first-order valence-corrected chi connectivity index (χ1v) is 5.55. The van der Waals surface area contributed by atoms with Gasteiger partial charge >= 0.3 is 0 Å². The Balaban J connectivity index is 1.87. The topological polar surface area (TPSA) is 29.1 Å². The lowest BCUT2D eigenvalue weighted by atomic mass is 10.2. The van der Waals surface area contributed by atoms with E-state index in [-0.39, 0.29) is 11.9 Å². The third-order valence-electron chi connectivity index (χ3n) is 2.57. The predicted octanol–water partition coefficient (Wildman–Crippen LogP) is 2.53. The number of amides is 1. The maximum atomic E-state index is 11.5. The van der Waals surface area contributed by atoms with Gasteiger partial charge in [0.1, 0.15) is 0 Å². The zero-order chi connectivity index (χ0) is 11.2. The molecule has 1 N–H and O–H groups in total. The Morgan fingerprint density at radius 1 is 1.31 bits per heavy atom. The van der Waals surface area contributed by atoms with Gasteiger partial charge in [0.2, 0.25) is 5.91 Å². The van der Waals surface area contributed by atoms with Gasteiger partial charge in [0.15, 0.2) is 0 Å². The Kier molecular flexibility index (Phi) is 3.54. The van der Waals surface area contributed by atoms with E-state index in [4.69, 9.17) is 0 Å². The molecule has 0 saturated heterocycles. The molecule has 0 saturated carbocycles. The summed E-state index contributed by atoms with van der Waals surface area (Å²) in [5.41, 5.74) is 1.04. The smallest absolute Gasteiger partial charge is 0.244 e. The largest absolute Gasteiger partial charge is 0.346 e. The van der Waals surface area contributed by atoms with Crippen LogP contribution >= 0.6 is 0 Å². The molecule has 0 aromatic heterocycles. The molecule has 2 nitrogen and oxygen atoms in total. The maximum absolute atomic E-state index is 11.5. The van der Waals surface area contributed by atoms with Gasteiger partial charge in [-0.05, 0) is 24.5 Å². The quantitative estimate of drug-likeness (QED) is 0.606. The van der Waals surface area contributed by atoms with Crippen LogP contribution in [0, 0.1) is 0 Å². The van der Waals surface area contributed by atoms with Crippen molar-refractivity contribution in [2.45, 2.75) is 18.9 Å². The number of rotatable bonds is 3. The molecule has 0 heterocycles. The number of carbonyl (C=O) groups is 1. The summed E-state index contributed by atoms with van der Waals surface area (Å²) >= 11 is 0. The second-order valence-electron chi connectivity index (χ2n) is 3.86. The zero-order valence-electron chi connectivity index (χ0n) is 9.10. The van der Waals surface area contributed by atoms with Crippen molar-refractivity contribution < 1.29 is 4.79 Å². The second kappa shape index (κ2) is 5.31. The summed E-state index contributed by atoms with van der Waals surface area (Å²) in [7, 11) is 0. The highest BCUT2D eigenvalue weighted by molar-refractivity contribution is 5.92. The number of allylic oxidation sites excluding steroid dienone is 1. The van der Waals surface area contributed by atoms with Crippen molar-refractivity contribution in [2.75, 3.05) is 0 Å². The van der Waals surface area contributed by atoms with Crippen molar-refractivity contribution >= 4 is 12.0 Å². The molecule has 1 aliphatic carbocycles. The molecule has 0 aliphatic heterocycles. The second-order valence-corrected chi connectivity index (χ2v) is 3.86. The molecule has 0 radical (unpaired) electrons. The van der Waals surface area contributed by atoms with Gasteiger partial charge in [-0.2, -0.15) is 0 Å². The molecule has 1 aromatic rings. The number of hydrogen-bond donors (Lipinski definition) is 1. The van der Waals surface area contributed by atoms with E-state index in [0.717, 1.165) is 18.4 Å². The van der Waals surface area contributed by atoms with Gasteiger partial charge < -0.3 is 5.32 Å². The molecule has 1 aliphatic rings. The Labute approximate surface area is 95.7 Å². The van der Waals surface area contributed by atoms with Crippen molar-refractivity contribution in [3.63, 3.8) is 0 Å². The maximum Gasteiger partial charge on any atom is 0.244 e. The summed E-state index contributed by atoms with van der Waals surface area (Å²) in [5.74, 6) is -0.0274. The molecule has 2 heteroatoms. The molecule has 2 rings (SSSR count). The summed E-state index contributed by atoms with van der Waals surface area (Å²) in [6.07, 6.45) is 9.65. The molecule has 1 unspecified atom stereocenters. The first-order chi connectivity index (χ1) is 7.84. The van der Waals surface area contributed by atoms with Crippen LogP contribution in [0.25, 0.3) is 6.08 Å². The lowest BCUT2D eigenvalue weighted by Crippen LogP contribution is -2.30. The average molecular weight is 213 g/mol. The van der Waals surface area contributed by atoms with Crippen molar-refractivity contribution in [3.05, 3.63) is 54.1 Å². The summed E-state index contributed by atoms with van der Waals surface area (Å²) in [6.45, 7) is 0. The molecule has 0 bridgehead atoms. The van der Waals surface area contributed by atoms with Crippen LogP contribution in [0.2, 0.25) is 0 Å². The first-order valence-electron chi connectivity index (χ1n) is 5.55. The molecule has 0 fully saturated rings. The lowest BCUT2D eigenvalue weighted by molar-refractivity contribution is -0.116. The average Bonchev–Trinajstić information content (AvgIpc) is 2.81. The van der Waals surface area contributed by atoms with Crippen LogP contribution in [0.3, 0.4) is 0 Å². The molecular weight excluding hydrogens is 198 g/mol. The van der Waals surface area contributed by atoms with E-state index < -0.39 is 0 Å². The van der Waals surface area contributed by atoms with Crippen LogP contribution in [-0.2, 0) is 4.79 Å². The van der Waals surface area contributed by atoms with Crippen LogP contribution in [0.15, 0.2) is 48.6 Å². The number of carbonyl (C=O) groups excluding carboxylic acids is 1. The minimum Gasteiger partial charge on any atom is -0.346 e. The highest BCUT2D eigenvalue weighted by Gasteiger charge is 2.09. The number of benzene rings is 1. The fraction of sp³-hybridized carbons (Fsp3) is 0.214. The Morgan fingerprint density at radius 3 is 2.81 bits per heavy atom. The molecule has 1 amide bonds. The molecular formula is C14H15NO. The normalized spacial score (nSPS) is 19.1. The van der Waals surface area contributed by atoms with E-state index in [1.54, 1.807) is 6.08 Å². The first kappa shape index (κ1) is 10.7. The third-order valence-corrected chi connectivity index (χ3v) is 2.57. The predicted molar refractivity (Wildman–Crippen MR) is 65.8 cm³/mol. The van der Waals surface area contributed by atoms with Gasteiger partial charge in [-0.1, -0.05) is 42.5 Å². The molecule has 1 atom stereocenters. The standard InChI is InChI=1S/C14H15NO/c16-14(15-13-8-4-5-9-13)11-10-12-6-2-1-3-7-12/h1-4,6-8,10-11,13H,5,9H2,(H,15,16)/b11-10+. The summed E-state index contributed by atoms with van der Waals surface area (Å²) in [6, 6.07) is 10.0. The molecule has 1 aromatic carbocycles. The Hall–Kier alpha value is -1.83. The third kappa shape index (κ3) is 3.09. The lowest BCUT2D eigenvalue weighted by Gasteiger charge is -2.07. The van der Waals surface area contributed by atoms with Crippen LogP contribution in [-0.4, -0.2) is 11.9 Å².